The Bertz CT molecular complexity index is 375. The van der Waals surface area contributed by atoms with Crippen molar-refractivity contribution in [2.24, 2.45) is 5.41 Å². The molecule has 1 aliphatic carbocycles. The van der Waals surface area contributed by atoms with E-state index in [1.54, 1.807) is 0 Å². The number of nitrogens with one attached hydrogen (secondary N) is 1. The summed E-state index contributed by atoms with van der Waals surface area (Å²) in [5.41, 5.74) is 0.477. The summed E-state index contributed by atoms with van der Waals surface area (Å²) >= 11 is 0. The Kier molecular flexibility index (Phi) is 2.99. The molecule has 0 saturated heterocycles. The summed E-state index contributed by atoms with van der Waals surface area (Å²) in [6.45, 7) is 7.74. The van der Waals surface area contributed by atoms with E-state index in [0.717, 1.165) is 18.2 Å². The lowest BCUT2D eigenvalue weighted by molar-refractivity contribution is 0.325. The summed E-state index contributed by atoms with van der Waals surface area (Å²) in [5, 5.41) is 3.36. The molecule has 0 atom stereocenters. The first kappa shape index (κ1) is 11.2. The molecule has 88 valence electrons. The van der Waals surface area contributed by atoms with Crippen LogP contribution in [0.4, 0.5) is 5.82 Å². The fourth-order valence-corrected chi connectivity index (χ4v) is 1.55. The number of anilines is 1. The lowest BCUT2D eigenvalue weighted by Gasteiger charge is -2.12. The molecule has 0 aromatic carbocycles. The van der Waals surface area contributed by atoms with Crippen molar-refractivity contribution in [1.29, 1.82) is 0 Å². The van der Waals surface area contributed by atoms with Gasteiger partial charge in [-0.3, -0.25) is 0 Å². The van der Waals surface area contributed by atoms with E-state index in [4.69, 9.17) is 4.74 Å². The second-order valence-electron chi connectivity index (χ2n) is 4.74. The van der Waals surface area contributed by atoms with Gasteiger partial charge in [0.1, 0.15) is 11.6 Å². The molecule has 0 radical (unpaired) electrons. The van der Waals surface area contributed by atoms with Crippen LogP contribution in [0.3, 0.4) is 0 Å². The Labute approximate surface area is 96.4 Å². The van der Waals surface area contributed by atoms with Gasteiger partial charge >= 0.3 is 0 Å². The lowest BCUT2D eigenvalue weighted by atomic mass is 10.1. The van der Waals surface area contributed by atoms with Crippen molar-refractivity contribution >= 4 is 5.82 Å². The second kappa shape index (κ2) is 4.28. The van der Waals surface area contributed by atoms with Gasteiger partial charge in [0.2, 0.25) is 5.88 Å². The van der Waals surface area contributed by atoms with E-state index in [2.05, 4.69) is 22.2 Å². The topological polar surface area (TPSA) is 47.0 Å². The van der Waals surface area contributed by atoms with E-state index < -0.39 is 0 Å². The number of hydrogen-bond acceptors (Lipinski definition) is 4. The van der Waals surface area contributed by atoms with Crippen LogP contribution in [0.2, 0.25) is 0 Å². The van der Waals surface area contributed by atoms with Crippen molar-refractivity contribution < 1.29 is 4.74 Å². The average molecular weight is 221 g/mol. The lowest BCUT2D eigenvalue weighted by Crippen LogP contribution is -2.13. The van der Waals surface area contributed by atoms with Gasteiger partial charge in [-0.05, 0) is 32.1 Å². The third kappa shape index (κ3) is 2.84. The monoisotopic (exact) mass is 221 g/mol. The Balaban J connectivity index is 2.01. The van der Waals surface area contributed by atoms with Crippen molar-refractivity contribution in [3.8, 4) is 5.88 Å². The van der Waals surface area contributed by atoms with Crippen molar-refractivity contribution in [3.05, 3.63) is 11.9 Å². The summed E-state index contributed by atoms with van der Waals surface area (Å²) in [7, 11) is 0. The number of rotatable bonds is 5. The van der Waals surface area contributed by atoms with Crippen molar-refractivity contribution in [3.63, 3.8) is 0 Å². The van der Waals surface area contributed by atoms with Crippen LogP contribution in [-0.4, -0.2) is 23.1 Å². The Morgan fingerprint density at radius 2 is 2.19 bits per heavy atom. The second-order valence-corrected chi connectivity index (χ2v) is 4.74. The number of ether oxygens (including phenoxy) is 1. The van der Waals surface area contributed by atoms with E-state index in [1.165, 1.54) is 12.8 Å². The minimum absolute atomic E-state index is 0.477. The van der Waals surface area contributed by atoms with Crippen LogP contribution in [0, 0.1) is 12.3 Å². The Morgan fingerprint density at radius 1 is 1.44 bits per heavy atom. The standard InChI is InChI=1S/C12H19N3O/c1-4-16-11-7-10(14-9(2)15-11)13-8-12(3)5-6-12/h7H,4-6,8H2,1-3H3,(H,13,14,15). The van der Waals surface area contributed by atoms with E-state index >= 15 is 0 Å². The predicted octanol–water partition coefficient (Wildman–Crippen LogP) is 2.40. The number of aromatic nitrogens is 2. The normalized spacial score (nSPS) is 16.9. The highest BCUT2D eigenvalue weighted by atomic mass is 16.5. The van der Waals surface area contributed by atoms with Gasteiger partial charge < -0.3 is 10.1 Å². The average Bonchev–Trinajstić information content (AvgIpc) is 2.94. The van der Waals surface area contributed by atoms with Crippen molar-refractivity contribution in [2.75, 3.05) is 18.5 Å². The maximum Gasteiger partial charge on any atom is 0.218 e. The number of hydrogen-bond donors (Lipinski definition) is 1. The molecule has 2 rings (SSSR count). The van der Waals surface area contributed by atoms with Crippen LogP contribution in [0.25, 0.3) is 0 Å². The molecule has 0 amide bonds. The molecule has 0 bridgehead atoms. The van der Waals surface area contributed by atoms with Gasteiger partial charge in [-0.15, -0.1) is 0 Å². The summed E-state index contributed by atoms with van der Waals surface area (Å²) < 4.78 is 5.38. The first-order chi connectivity index (χ1) is 7.61. The Hall–Kier alpha value is -1.32. The molecule has 16 heavy (non-hydrogen) atoms. The fraction of sp³-hybridized carbons (Fsp3) is 0.667. The third-order valence-corrected chi connectivity index (χ3v) is 2.91. The van der Waals surface area contributed by atoms with Crippen molar-refractivity contribution in [2.45, 2.75) is 33.6 Å². The molecule has 1 N–H and O–H groups in total. The maximum atomic E-state index is 5.38. The first-order valence-electron chi connectivity index (χ1n) is 5.84. The molecule has 1 heterocycles. The molecule has 1 fully saturated rings. The summed E-state index contributed by atoms with van der Waals surface area (Å²) in [4.78, 5) is 8.56. The highest BCUT2D eigenvalue weighted by molar-refractivity contribution is 5.38. The molecular formula is C12H19N3O. The molecule has 0 spiro atoms. The van der Waals surface area contributed by atoms with Crippen LogP contribution in [-0.2, 0) is 0 Å². The highest BCUT2D eigenvalue weighted by Gasteiger charge is 2.36. The molecule has 1 aromatic heterocycles. The molecule has 1 aromatic rings. The van der Waals surface area contributed by atoms with Crippen LogP contribution < -0.4 is 10.1 Å². The van der Waals surface area contributed by atoms with Gasteiger partial charge in [0.25, 0.3) is 0 Å². The van der Waals surface area contributed by atoms with Gasteiger partial charge in [-0.1, -0.05) is 6.92 Å². The van der Waals surface area contributed by atoms with E-state index in [0.29, 0.717) is 17.9 Å². The van der Waals surface area contributed by atoms with Crippen LogP contribution >= 0.6 is 0 Å². The molecule has 0 aliphatic heterocycles. The summed E-state index contributed by atoms with van der Waals surface area (Å²) in [6, 6.07) is 1.86. The molecule has 4 nitrogen and oxygen atoms in total. The van der Waals surface area contributed by atoms with Gasteiger partial charge in [0, 0.05) is 12.6 Å². The quantitative estimate of drug-likeness (QED) is 0.829. The Morgan fingerprint density at radius 3 is 2.81 bits per heavy atom. The summed E-state index contributed by atoms with van der Waals surface area (Å²) in [5.74, 6) is 2.26. The SMILES string of the molecule is CCOc1cc(NCC2(C)CC2)nc(C)n1. The van der Waals surface area contributed by atoms with E-state index in [-0.39, 0.29) is 0 Å². The fourth-order valence-electron chi connectivity index (χ4n) is 1.55. The van der Waals surface area contributed by atoms with E-state index in [9.17, 15) is 0 Å². The molecule has 1 saturated carbocycles. The minimum atomic E-state index is 0.477. The molecule has 1 aliphatic rings. The minimum Gasteiger partial charge on any atom is -0.478 e. The molecular weight excluding hydrogens is 202 g/mol. The van der Waals surface area contributed by atoms with Gasteiger partial charge in [-0.2, -0.15) is 4.98 Å². The van der Waals surface area contributed by atoms with Crippen molar-refractivity contribution in [1.82, 2.24) is 9.97 Å². The first-order valence-corrected chi connectivity index (χ1v) is 5.84. The molecule has 4 heteroatoms. The zero-order valence-corrected chi connectivity index (χ0v) is 10.2. The largest absolute Gasteiger partial charge is 0.478 e. The summed E-state index contributed by atoms with van der Waals surface area (Å²) in [6.07, 6.45) is 2.62. The van der Waals surface area contributed by atoms with Crippen LogP contribution in [0.15, 0.2) is 6.07 Å². The number of aryl methyl sites for hydroxylation is 1. The van der Waals surface area contributed by atoms with E-state index in [1.807, 2.05) is 19.9 Å². The van der Waals surface area contributed by atoms with Gasteiger partial charge in [-0.25, -0.2) is 4.98 Å². The smallest absolute Gasteiger partial charge is 0.218 e. The highest BCUT2D eigenvalue weighted by Crippen LogP contribution is 2.44. The number of nitrogens with zero attached hydrogens (tertiary/aromatic N) is 2. The maximum absolute atomic E-state index is 5.38. The third-order valence-electron chi connectivity index (χ3n) is 2.91. The predicted molar refractivity (Wildman–Crippen MR) is 63.8 cm³/mol. The van der Waals surface area contributed by atoms with Crippen LogP contribution in [0.1, 0.15) is 32.5 Å². The zero-order valence-electron chi connectivity index (χ0n) is 10.2. The van der Waals surface area contributed by atoms with Gasteiger partial charge in [0.15, 0.2) is 0 Å². The molecule has 0 unspecified atom stereocenters. The van der Waals surface area contributed by atoms with Crippen LogP contribution in [0.5, 0.6) is 5.88 Å². The zero-order chi connectivity index (χ0) is 11.6. The van der Waals surface area contributed by atoms with Gasteiger partial charge in [0.05, 0.1) is 6.61 Å².